The molecule has 106 valence electrons. The molecule has 2 rings (SSSR count). The summed E-state index contributed by atoms with van der Waals surface area (Å²) in [4.78, 5) is 0. The predicted molar refractivity (Wildman–Crippen MR) is 87.4 cm³/mol. The SMILES string of the molecule is Cc1ccc(COc2ccc(Br)cc2CCN)c(Cl)c1. The zero-order chi connectivity index (χ0) is 14.5. The Morgan fingerprint density at radius 1 is 1.15 bits per heavy atom. The maximum absolute atomic E-state index is 6.21. The fraction of sp³-hybridized carbons (Fsp3) is 0.250. The largest absolute Gasteiger partial charge is 0.489 e. The van der Waals surface area contributed by atoms with Crippen LogP contribution in [0.3, 0.4) is 0 Å². The van der Waals surface area contributed by atoms with E-state index in [4.69, 9.17) is 22.1 Å². The lowest BCUT2D eigenvalue weighted by Gasteiger charge is -2.12. The average molecular weight is 355 g/mol. The Kier molecular flexibility index (Phi) is 5.46. The number of hydrogen-bond donors (Lipinski definition) is 1. The van der Waals surface area contributed by atoms with Gasteiger partial charge in [0.2, 0.25) is 0 Å². The molecule has 0 unspecified atom stereocenters. The van der Waals surface area contributed by atoms with E-state index in [-0.39, 0.29) is 0 Å². The van der Waals surface area contributed by atoms with Crippen LogP contribution in [0, 0.1) is 6.92 Å². The van der Waals surface area contributed by atoms with Gasteiger partial charge in [-0.05, 0) is 55.3 Å². The second kappa shape index (κ2) is 7.11. The standard InChI is InChI=1S/C16H17BrClNO/c1-11-2-3-13(15(18)8-11)10-20-16-5-4-14(17)9-12(16)6-7-19/h2-5,8-9H,6-7,10,19H2,1H3. The molecule has 0 aliphatic heterocycles. The summed E-state index contributed by atoms with van der Waals surface area (Å²) in [7, 11) is 0. The van der Waals surface area contributed by atoms with Crippen LogP contribution >= 0.6 is 27.5 Å². The molecule has 0 atom stereocenters. The third kappa shape index (κ3) is 3.98. The van der Waals surface area contributed by atoms with Crippen LogP contribution in [0.4, 0.5) is 0 Å². The fourth-order valence-electron chi connectivity index (χ4n) is 1.96. The first-order valence-corrected chi connectivity index (χ1v) is 7.63. The first kappa shape index (κ1) is 15.4. The molecule has 0 saturated carbocycles. The van der Waals surface area contributed by atoms with Crippen LogP contribution in [0.25, 0.3) is 0 Å². The van der Waals surface area contributed by atoms with Crippen molar-refractivity contribution in [3.05, 3.63) is 62.6 Å². The molecule has 0 radical (unpaired) electrons. The Hall–Kier alpha value is -1.03. The Balaban J connectivity index is 2.14. The minimum absolute atomic E-state index is 0.457. The second-order valence-corrected chi connectivity index (χ2v) is 6.00. The van der Waals surface area contributed by atoms with Crippen molar-refractivity contribution in [2.24, 2.45) is 5.73 Å². The summed E-state index contributed by atoms with van der Waals surface area (Å²) < 4.78 is 6.92. The van der Waals surface area contributed by atoms with E-state index < -0.39 is 0 Å². The number of rotatable bonds is 5. The zero-order valence-corrected chi connectivity index (χ0v) is 13.7. The molecule has 2 N–H and O–H groups in total. The molecule has 0 aliphatic carbocycles. The van der Waals surface area contributed by atoms with Gasteiger partial charge in [-0.1, -0.05) is 39.7 Å². The average Bonchev–Trinajstić information content (AvgIpc) is 2.40. The van der Waals surface area contributed by atoms with Gasteiger partial charge in [-0.15, -0.1) is 0 Å². The van der Waals surface area contributed by atoms with Crippen LogP contribution in [-0.2, 0) is 13.0 Å². The summed E-state index contributed by atoms with van der Waals surface area (Å²) in [5, 5.41) is 0.738. The molecule has 2 aromatic carbocycles. The molecular formula is C16H17BrClNO. The first-order valence-electron chi connectivity index (χ1n) is 6.46. The molecule has 4 heteroatoms. The molecule has 0 spiro atoms. The Labute approximate surface area is 133 Å². The summed E-state index contributed by atoms with van der Waals surface area (Å²) in [6.07, 6.45) is 0.788. The fourth-order valence-corrected chi connectivity index (χ4v) is 2.66. The molecule has 0 bridgehead atoms. The second-order valence-electron chi connectivity index (χ2n) is 4.67. The topological polar surface area (TPSA) is 35.2 Å². The van der Waals surface area contributed by atoms with Crippen molar-refractivity contribution in [3.63, 3.8) is 0 Å². The molecule has 0 fully saturated rings. The summed E-state index contributed by atoms with van der Waals surface area (Å²) in [6.45, 7) is 3.07. The van der Waals surface area contributed by atoms with Crippen LogP contribution < -0.4 is 10.5 Å². The van der Waals surface area contributed by atoms with Gasteiger partial charge in [-0.3, -0.25) is 0 Å². The van der Waals surface area contributed by atoms with Crippen molar-refractivity contribution in [3.8, 4) is 5.75 Å². The third-order valence-electron chi connectivity index (χ3n) is 3.03. The zero-order valence-electron chi connectivity index (χ0n) is 11.3. The van der Waals surface area contributed by atoms with Gasteiger partial charge in [-0.25, -0.2) is 0 Å². The summed E-state index contributed by atoms with van der Waals surface area (Å²) >= 11 is 9.68. The van der Waals surface area contributed by atoms with Gasteiger partial charge in [-0.2, -0.15) is 0 Å². The number of nitrogens with two attached hydrogens (primary N) is 1. The maximum atomic E-state index is 6.21. The van der Waals surface area contributed by atoms with E-state index in [0.717, 1.165) is 38.4 Å². The highest BCUT2D eigenvalue weighted by atomic mass is 79.9. The molecule has 0 saturated heterocycles. The van der Waals surface area contributed by atoms with Crippen molar-refractivity contribution < 1.29 is 4.74 Å². The van der Waals surface area contributed by atoms with E-state index in [9.17, 15) is 0 Å². The van der Waals surface area contributed by atoms with E-state index in [1.807, 2.05) is 43.3 Å². The van der Waals surface area contributed by atoms with Crippen LogP contribution in [0.5, 0.6) is 5.75 Å². The van der Waals surface area contributed by atoms with Gasteiger partial charge in [0, 0.05) is 15.1 Å². The number of hydrogen-bond acceptors (Lipinski definition) is 2. The molecule has 0 heterocycles. The highest BCUT2D eigenvalue weighted by molar-refractivity contribution is 9.10. The lowest BCUT2D eigenvalue weighted by molar-refractivity contribution is 0.303. The molecule has 0 aromatic heterocycles. The summed E-state index contributed by atoms with van der Waals surface area (Å²) in [6, 6.07) is 11.9. The molecule has 0 amide bonds. The van der Waals surface area contributed by atoms with E-state index in [1.165, 1.54) is 0 Å². The van der Waals surface area contributed by atoms with Crippen LogP contribution in [0.2, 0.25) is 5.02 Å². The number of benzene rings is 2. The molecule has 20 heavy (non-hydrogen) atoms. The Morgan fingerprint density at radius 2 is 1.95 bits per heavy atom. The normalized spacial score (nSPS) is 10.6. The van der Waals surface area contributed by atoms with Crippen LogP contribution in [-0.4, -0.2) is 6.54 Å². The van der Waals surface area contributed by atoms with Crippen LogP contribution in [0.1, 0.15) is 16.7 Å². The summed E-state index contributed by atoms with van der Waals surface area (Å²) in [5.74, 6) is 0.857. The monoisotopic (exact) mass is 353 g/mol. The van der Waals surface area contributed by atoms with Gasteiger partial charge < -0.3 is 10.5 Å². The first-order chi connectivity index (χ1) is 9.60. The maximum Gasteiger partial charge on any atom is 0.123 e. The lowest BCUT2D eigenvalue weighted by Crippen LogP contribution is -2.05. The minimum atomic E-state index is 0.457. The smallest absolute Gasteiger partial charge is 0.123 e. The third-order valence-corrected chi connectivity index (χ3v) is 3.87. The molecule has 0 aliphatic rings. The van der Waals surface area contributed by atoms with Crippen molar-refractivity contribution in [1.82, 2.24) is 0 Å². The van der Waals surface area contributed by atoms with Gasteiger partial charge in [0.1, 0.15) is 12.4 Å². The number of ether oxygens (including phenoxy) is 1. The minimum Gasteiger partial charge on any atom is -0.489 e. The highest BCUT2D eigenvalue weighted by Gasteiger charge is 2.06. The number of halogens is 2. The van der Waals surface area contributed by atoms with E-state index >= 15 is 0 Å². The van der Waals surface area contributed by atoms with Crippen molar-refractivity contribution in [2.45, 2.75) is 20.0 Å². The van der Waals surface area contributed by atoms with Crippen molar-refractivity contribution >= 4 is 27.5 Å². The van der Waals surface area contributed by atoms with Gasteiger partial charge in [0.25, 0.3) is 0 Å². The summed E-state index contributed by atoms with van der Waals surface area (Å²) in [5.41, 5.74) is 8.87. The molecular weight excluding hydrogens is 338 g/mol. The van der Waals surface area contributed by atoms with E-state index in [2.05, 4.69) is 15.9 Å². The van der Waals surface area contributed by atoms with E-state index in [0.29, 0.717) is 13.2 Å². The van der Waals surface area contributed by atoms with Gasteiger partial charge in [0.05, 0.1) is 0 Å². The predicted octanol–water partition coefficient (Wildman–Crippen LogP) is 4.49. The van der Waals surface area contributed by atoms with Crippen molar-refractivity contribution in [1.29, 1.82) is 0 Å². The highest BCUT2D eigenvalue weighted by Crippen LogP contribution is 2.26. The quantitative estimate of drug-likeness (QED) is 0.858. The Bertz CT molecular complexity index is 601. The van der Waals surface area contributed by atoms with E-state index in [1.54, 1.807) is 0 Å². The van der Waals surface area contributed by atoms with Gasteiger partial charge in [0.15, 0.2) is 0 Å². The van der Waals surface area contributed by atoms with Crippen LogP contribution in [0.15, 0.2) is 40.9 Å². The lowest BCUT2D eigenvalue weighted by atomic mass is 10.1. The van der Waals surface area contributed by atoms with Gasteiger partial charge >= 0.3 is 0 Å². The molecule has 2 aromatic rings. The number of aryl methyl sites for hydroxylation is 1. The Morgan fingerprint density at radius 3 is 2.65 bits per heavy atom. The van der Waals surface area contributed by atoms with Crippen molar-refractivity contribution in [2.75, 3.05) is 6.54 Å². The molecule has 2 nitrogen and oxygen atoms in total.